The van der Waals surface area contributed by atoms with Crippen LogP contribution in [0.1, 0.15) is 0 Å². The van der Waals surface area contributed by atoms with Crippen molar-refractivity contribution in [3.05, 3.63) is 0 Å². The highest BCUT2D eigenvalue weighted by molar-refractivity contribution is 5.84. The van der Waals surface area contributed by atoms with Gasteiger partial charge < -0.3 is 50.8 Å². The average molecular weight is 330 g/mol. The minimum atomic E-state index is -1.86. The highest BCUT2D eigenvalue weighted by atomic mass is 16.4. The standard InChI is InChI=1S/C6H12O6.C5H10O5/c7-1-3(9)5(11)6(12)4(10)2-8;6-1-3(8)5(10)4(9)2-7/h3,5-9,11-12H,1-2H2;1,3-5,7-10H,2H2/t3-,5+,6-;3-,4-,5+/m10/s1. The Morgan fingerprint density at radius 3 is 1.55 bits per heavy atom. The molecule has 0 saturated heterocycles. The molecule has 0 aromatic rings. The molecule has 0 amide bonds. The van der Waals surface area contributed by atoms with Crippen molar-refractivity contribution in [2.45, 2.75) is 36.6 Å². The zero-order chi connectivity index (χ0) is 17.9. The normalized spacial score (nSPS) is 19.0. The van der Waals surface area contributed by atoms with Crippen LogP contribution in [0.5, 0.6) is 0 Å². The van der Waals surface area contributed by atoms with Gasteiger partial charge in [-0.1, -0.05) is 0 Å². The van der Waals surface area contributed by atoms with Gasteiger partial charge in [-0.2, -0.15) is 0 Å². The number of aliphatic hydroxyl groups excluding tert-OH is 9. The van der Waals surface area contributed by atoms with Crippen molar-refractivity contribution < 1.29 is 55.5 Å². The number of hydrogen-bond donors (Lipinski definition) is 9. The van der Waals surface area contributed by atoms with Crippen LogP contribution in [0.25, 0.3) is 0 Å². The molecule has 0 aromatic heterocycles. The van der Waals surface area contributed by atoms with Gasteiger partial charge >= 0.3 is 0 Å². The minimum Gasteiger partial charge on any atom is -0.394 e. The molecule has 0 saturated carbocycles. The summed E-state index contributed by atoms with van der Waals surface area (Å²) in [5.74, 6) is -1.00. The SMILES string of the molecule is O=C(CO)[C@@H](O)[C@@H](O)[C@H](O)CO.O=C[C@H](O)[C@@H](O)[C@@H](O)CO. The van der Waals surface area contributed by atoms with Gasteiger partial charge in [0.15, 0.2) is 12.1 Å². The molecule has 0 aliphatic carbocycles. The van der Waals surface area contributed by atoms with E-state index in [0.717, 1.165) is 0 Å². The van der Waals surface area contributed by atoms with E-state index in [4.69, 9.17) is 46.0 Å². The lowest BCUT2D eigenvalue weighted by Gasteiger charge is -2.19. The van der Waals surface area contributed by atoms with Crippen molar-refractivity contribution in [3.8, 4) is 0 Å². The smallest absolute Gasteiger partial charge is 0.189 e. The second-order valence-corrected chi connectivity index (χ2v) is 4.18. The second-order valence-electron chi connectivity index (χ2n) is 4.18. The summed E-state index contributed by atoms with van der Waals surface area (Å²) < 4.78 is 0. The van der Waals surface area contributed by atoms with E-state index < -0.39 is 62.2 Å². The van der Waals surface area contributed by atoms with Crippen molar-refractivity contribution in [2.24, 2.45) is 0 Å². The number of carbonyl (C=O) groups excluding carboxylic acids is 2. The van der Waals surface area contributed by atoms with Gasteiger partial charge in [0.2, 0.25) is 0 Å². The third-order valence-corrected chi connectivity index (χ3v) is 2.46. The summed E-state index contributed by atoms with van der Waals surface area (Å²) in [4.78, 5) is 20.3. The zero-order valence-electron chi connectivity index (χ0n) is 11.5. The maximum Gasteiger partial charge on any atom is 0.189 e. The van der Waals surface area contributed by atoms with Crippen LogP contribution in [0.4, 0.5) is 0 Å². The number of rotatable bonds is 9. The van der Waals surface area contributed by atoms with Gasteiger partial charge in [0, 0.05) is 0 Å². The molecule has 0 radical (unpaired) electrons. The summed E-state index contributed by atoms with van der Waals surface area (Å²) >= 11 is 0. The van der Waals surface area contributed by atoms with Crippen molar-refractivity contribution in [2.75, 3.05) is 19.8 Å². The predicted molar refractivity (Wildman–Crippen MR) is 68.4 cm³/mol. The number of aliphatic hydroxyl groups is 9. The van der Waals surface area contributed by atoms with Crippen LogP contribution in [0.3, 0.4) is 0 Å². The number of aldehydes is 1. The summed E-state index contributed by atoms with van der Waals surface area (Å²) in [6.07, 6.45) is -9.85. The van der Waals surface area contributed by atoms with Crippen LogP contribution in [0.15, 0.2) is 0 Å². The van der Waals surface area contributed by atoms with E-state index in [1.807, 2.05) is 0 Å². The first-order chi connectivity index (χ1) is 10.2. The van der Waals surface area contributed by atoms with Crippen molar-refractivity contribution in [1.29, 1.82) is 0 Å². The molecule has 0 heterocycles. The van der Waals surface area contributed by atoms with Crippen LogP contribution >= 0.6 is 0 Å². The minimum absolute atomic E-state index is 0.0869. The number of hydrogen-bond acceptors (Lipinski definition) is 11. The van der Waals surface area contributed by atoms with E-state index in [0.29, 0.717) is 0 Å². The van der Waals surface area contributed by atoms with Gasteiger partial charge in [0.25, 0.3) is 0 Å². The lowest BCUT2D eigenvalue weighted by molar-refractivity contribution is -0.142. The topological polar surface area (TPSA) is 216 Å². The van der Waals surface area contributed by atoms with Gasteiger partial charge in [-0.3, -0.25) is 4.79 Å². The molecular weight excluding hydrogens is 308 g/mol. The van der Waals surface area contributed by atoms with E-state index in [1.165, 1.54) is 0 Å². The highest BCUT2D eigenvalue weighted by Crippen LogP contribution is 2.00. The highest BCUT2D eigenvalue weighted by Gasteiger charge is 2.28. The maximum atomic E-state index is 10.5. The Morgan fingerprint density at radius 1 is 0.818 bits per heavy atom. The molecule has 0 aliphatic heterocycles. The van der Waals surface area contributed by atoms with Crippen LogP contribution in [0.2, 0.25) is 0 Å². The van der Waals surface area contributed by atoms with E-state index in [2.05, 4.69) is 0 Å². The van der Waals surface area contributed by atoms with Crippen molar-refractivity contribution in [3.63, 3.8) is 0 Å². The molecular formula is C11H22O11. The lowest BCUT2D eigenvalue weighted by Crippen LogP contribution is -2.44. The molecule has 132 valence electrons. The molecule has 9 N–H and O–H groups in total. The summed E-state index contributed by atoms with van der Waals surface area (Å²) in [6.45, 7) is -2.38. The molecule has 6 atom stereocenters. The Kier molecular flexibility index (Phi) is 13.2. The number of carbonyl (C=O) groups is 2. The average Bonchev–Trinajstić information content (AvgIpc) is 2.56. The molecule has 11 heteroatoms. The molecule has 0 fully saturated rings. The van der Waals surface area contributed by atoms with E-state index in [1.54, 1.807) is 0 Å². The van der Waals surface area contributed by atoms with Crippen LogP contribution in [0, 0.1) is 0 Å². The predicted octanol–water partition coefficient (Wildman–Crippen LogP) is -6.12. The van der Waals surface area contributed by atoms with Crippen LogP contribution < -0.4 is 0 Å². The Hall–Kier alpha value is -1.02. The molecule has 0 rings (SSSR count). The van der Waals surface area contributed by atoms with Crippen molar-refractivity contribution in [1.82, 2.24) is 0 Å². The Bertz CT molecular complexity index is 310. The van der Waals surface area contributed by atoms with E-state index in [9.17, 15) is 9.59 Å². The summed E-state index contributed by atoms with van der Waals surface area (Å²) in [7, 11) is 0. The van der Waals surface area contributed by atoms with E-state index in [-0.39, 0.29) is 6.29 Å². The third kappa shape index (κ3) is 8.43. The van der Waals surface area contributed by atoms with Gasteiger partial charge in [-0.05, 0) is 0 Å². The summed E-state index contributed by atoms with van der Waals surface area (Å²) in [5.41, 5.74) is 0. The van der Waals surface area contributed by atoms with Gasteiger partial charge in [0.1, 0.15) is 43.2 Å². The largest absolute Gasteiger partial charge is 0.394 e. The second kappa shape index (κ2) is 12.5. The summed E-state index contributed by atoms with van der Waals surface area (Å²) in [6, 6.07) is 0. The third-order valence-electron chi connectivity index (χ3n) is 2.46. The number of ketones is 1. The summed E-state index contributed by atoms with van der Waals surface area (Å²) in [5, 5.41) is 77.1. The first kappa shape index (κ1) is 23.2. The fourth-order valence-electron chi connectivity index (χ4n) is 1.02. The first-order valence-electron chi connectivity index (χ1n) is 6.06. The molecule has 0 bridgehead atoms. The van der Waals surface area contributed by atoms with Gasteiger partial charge in [0.05, 0.1) is 13.2 Å². The maximum absolute atomic E-state index is 10.5. The molecule has 0 unspecified atom stereocenters. The fraction of sp³-hybridized carbons (Fsp3) is 0.818. The van der Waals surface area contributed by atoms with Crippen LogP contribution in [-0.2, 0) is 9.59 Å². The first-order valence-corrected chi connectivity index (χ1v) is 6.06. The monoisotopic (exact) mass is 330 g/mol. The van der Waals surface area contributed by atoms with Gasteiger partial charge in [-0.25, -0.2) is 0 Å². The molecule has 0 aromatic carbocycles. The van der Waals surface area contributed by atoms with Crippen molar-refractivity contribution >= 4 is 12.1 Å². The van der Waals surface area contributed by atoms with Crippen LogP contribution in [-0.4, -0.2) is 114 Å². The Labute approximate surface area is 125 Å². The van der Waals surface area contributed by atoms with Gasteiger partial charge in [-0.15, -0.1) is 0 Å². The Morgan fingerprint density at radius 2 is 1.23 bits per heavy atom. The zero-order valence-corrected chi connectivity index (χ0v) is 11.5. The quantitative estimate of drug-likeness (QED) is 0.181. The molecule has 0 spiro atoms. The Balaban J connectivity index is 0. The van der Waals surface area contributed by atoms with E-state index >= 15 is 0 Å². The fourth-order valence-corrected chi connectivity index (χ4v) is 1.02. The lowest BCUT2D eigenvalue weighted by atomic mass is 10.1. The molecule has 22 heavy (non-hydrogen) atoms. The molecule has 0 aliphatic rings. The molecule has 11 nitrogen and oxygen atoms in total. The number of Topliss-reactive ketones (excluding diaryl/α,β-unsaturated/α-hetero) is 1.